The fraction of sp³-hybridized carbons (Fsp3) is 0.0952. The summed E-state index contributed by atoms with van der Waals surface area (Å²) >= 11 is 6.30. The van der Waals surface area contributed by atoms with Gasteiger partial charge in [0.2, 0.25) is 5.82 Å². The Morgan fingerprint density at radius 1 is 1.25 bits per heavy atom. The van der Waals surface area contributed by atoms with Gasteiger partial charge in [-0.05, 0) is 35.9 Å². The van der Waals surface area contributed by atoms with Crippen LogP contribution in [0.15, 0.2) is 65.9 Å². The van der Waals surface area contributed by atoms with Gasteiger partial charge in [-0.3, -0.25) is 20.3 Å². The van der Waals surface area contributed by atoms with Crippen molar-refractivity contribution in [3.05, 3.63) is 81.5 Å². The minimum atomic E-state index is -0.565. The van der Waals surface area contributed by atoms with E-state index in [9.17, 15) is 14.9 Å². The van der Waals surface area contributed by atoms with Crippen LogP contribution in [0.4, 0.5) is 17.2 Å². The molecule has 2 aromatic carbocycles. The number of halogens is 1. The lowest BCUT2D eigenvalue weighted by Crippen LogP contribution is -2.20. The molecular weight excluding hydrogens is 438 g/mol. The highest BCUT2D eigenvalue weighted by Gasteiger charge is 2.15. The molecule has 3 aromatic rings. The van der Waals surface area contributed by atoms with Gasteiger partial charge in [0.1, 0.15) is 0 Å². The number of benzene rings is 2. The third-order valence-electron chi connectivity index (χ3n) is 4.02. The van der Waals surface area contributed by atoms with Gasteiger partial charge in [-0.15, -0.1) is 0 Å². The number of hydrogen-bond acceptors (Lipinski definition) is 8. The van der Waals surface area contributed by atoms with Gasteiger partial charge in [0, 0.05) is 18.0 Å². The van der Waals surface area contributed by atoms with Gasteiger partial charge in [0.15, 0.2) is 18.1 Å². The Hall–Kier alpha value is -4.18. The SMILES string of the molecule is COc1cc(/C=N\Nc2ncccc2[N+](=O)[O-])cc(Cl)c1OCC(=O)Nc1ccccc1. The number of nitrogens with zero attached hydrogens (tertiary/aromatic N) is 3. The third kappa shape index (κ3) is 5.92. The number of amides is 1. The number of para-hydroxylation sites is 1. The summed E-state index contributed by atoms with van der Waals surface area (Å²) in [5, 5.41) is 17.9. The Kier molecular flexibility index (Phi) is 7.55. The number of pyridine rings is 1. The van der Waals surface area contributed by atoms with Crippen LogP contribution >= 0.6 is 11.6 Å². The highest BCUT2D eigenvalue weighted by Crippen LogP contribution is 2.36. The standard InChI is InChI=1S/C21H18ClN5O5/c1-31-18-11-14(12-24-26-21-17(27(29)30)8-5-9-23-21)10-16(22)20(18)32-13-19(28)25-15-6-3-2-4-7-15/h2-12H,13H2,1H3,(H,23,26)(H,25,28)/b24-12-. The number of aromatic nitrogens is 1. The summed E-state index contributed by atoms with van der Waals surface area (Å²) in [7, 11) is 1.43. The number of anilines is 2. The van der Waals surface area contributed by atoms with E-state index >= 15 is 0 Å². The topological polar surface area (TPSA) is 128 Å². The molecule has 3 rings (SSSR count). The summed E-state index contributed by atoms with van der Waals surface area (Å²) in [6, 6.07) is 14.9. The maximum absolute atomic E-state index is 12.1. The zero-order valence-corrected chi connectivity index (χ0v) is 17.6. The van der Waals surface area contributed by atoms with Crippen molar-refractivity contribution in [2.45, 2.75) is 0 Å². The zero-order valence-electron chi connectivity index (χ0n) is 16.8. The normalized spacial score (nSPS) is 10.6. The van der Waals surface area contributed by atoms with Crippen molar-refractivity contribution in [3.63, 3.8) is 0 Å². The Labute approximate surface area is 188 Å². The number of ether oxygens (including phenoxy) is 2. The van der Waals surface area contributed by atoms with Crippen molar-refractivity contribution in [1.82, 2.24) is 4.98 Å². The molecule has 0 fully saturated rings. The summed E-state index contributed by atoms with van der Waals surface area (Å²) in [4.78, 5) is 26.5. The lowest BCUT2D eigenvalue weighted by atomic mass is 10.2. The second-order valence-corrected chi connectivity index (χ2v) is 6.64. The molecule has 1 aromatic heterocycles. The summed E-state index contributed by atoms with van der Waals surface area (Å²) in [6.45, 7) is -0.274. The molecule has 0 aliphatic heterocycles. The molecule has 0 spiro atoms. The fourth-order valence-electron chi connectivity index (χ4n) is 2.61. The van der Waals surface area contributed by atoms with Crippen LogP contribution in [0.25, 0.3) is 0 Å². The average molecular weight is 456 g/mol. The maximum atomic E-state index is 12.1. The van der Waals surface area contributed by atoms with E-state index in [2.05, 4.69) is 20.8 Å². The number of hydrazone groups is 1. The molecule has 11 heteroatoms. The molecule has 2 N–H and O–H groups in total. The quantitative estimate of drug-likeness (QED) is 0.282. The van der Waals surface area contributed by atoms with Gasteiger partial charge < -0.3 is 14.8 Å². The molecule has 0 atom stereocenters. The largest absolute Gasteiger partial charge is 0.493 e. The Morgan fingerprint density at radius 3 is 2.75 bits per heavy atom. The number of nitrogens with one attached hydrogen (secondary N) is 2. The molecule has 0 radical (unpaired) electrons. The smallest absolute Gasteiger partial charge is 0.313 e. The van der Waals surface area contributed by atoms with Gasteiger partial charge in [-0.25, -0.2) is 4.98 Å². The minimum Gasteiger partial charge on any atom is -0.493 e. The van der Waals surface area contributed by atoms with Gasteiger partial charge >= 0.3 is 5.69 Å². The van der Waals surface area contributed by atoms with E-state index in [0.717, 1.165) is 0 Å². The molecule has 0 saturated heterocycles. The highest BCUT2D eigenvalue weighted by molar-refractivity contribution is 6.32. The van der Waals surface area contributed by atoms with E-state index in [1.54, 1.807) is 36.4 Å². The van der Waals surface area contributed by atoms with Gasteiger partial charge in [-0.1, -0.05) is 29.8 Å². The third-order valence-corrected chi connectivity index (χ3v) is 4.30. The number of rotatable bonds is 9. The molecule has 0 bridgehead atoms. The second-order valence-electron chi connectivity index (χ2n) is 6.24. The summed E-state index contributed by atoms with van der Waals surface area (Å²) < 4.78 is 10.9. The fourth-order valence-corrected chi connectivity index (χ4v) is 2.88. The molecular formula is C21H18ClN5O5. The molecule has 10 nitrogen and oxygen atoms in total. The van der Waals surface area contributed by atoms with E-state index in [1.165, 1.54) is 31.7 Å². The van der Waals surface area contributed by atoms with Crippen LogP contribution in [0.2, 0.25) is 5.02 Å². The molecule has 164 valence electrons. The van der Waals surface area contributed by atoms with Crippen LogP contribution in [0.3, 0.4) is 0 Å². The van der Waals surface area contributed by atoms with Crippen LogP contribution in [0.5, 0.6) is 11.5 Å². The van der Waals surface area contributed by atoms with Crippen molar-refractivity contribution < 1.29 is 19.2 Å². The van der Waals surface area contributed by atoms with E-state index in [4.69, 9.17) is 21.1 Å². The first-order valence-corrected chi connectivity index (χ1v) is 9.59. The molecule has 32 heavy (non-hydrogen) atoms. The van der Waals surface area contributed by atoms with Crippen molar-refractivity contribution >= 4 is 40.9 Å². The number of methoxy groups -OCH3 is 1. The average Bonchev–Trinajstić information content (AvgIpc) is 2.79. The van der Waals surface area contributed by atoms with Crippen LogP contribution in [-0.4, -0.2) is 35.7 Å². The Morgan fingerprint density at radius 2 is 2.03 bits per heavy atom. The molecule has 0 saturated carbocycles. The van der Waals surface area contributed by atoms with E-state index in [1.807, 2.05) is 6.07 Å². The summed E-state index contributed by atoms with van der Waals surface area (Å²) in [5.41, 5.74) is 3.49. The van der Waals surface area contributed by atoms with E-state index in [-0.39, 0.29) is 40.5 Å². The molecule has 1 amide bonds. The van der Waals surface area contributed by atoms with Crippen molar-refractivity contribution in [2.24, 2.45) is 5.10 Å². The van der Waals surface area contributed by atoms with Crippen LogP contribution in [0.1, 0.15) is 5.56 Å². The molecule has 0 aliphatic rings. The first-order valence-electron chi connectivity index (χ1n) is 9.21. The predicted molar refractivity (Wildman–Crippen MR) is 121 cm³/mol. The van der Waals surface area contributed by atoms with E-state index in [0.29, 0.717) is 11.3 Å². The lowest BCUT2D eigenvalue weighted by molar-refractivity contribution is -0.384. The zero-order chi connectivity index (χ0) is 22.9. The molecule has 0 aliphatic carbocycles. The highest BCUT2D eigenvalue weighted by atomic mass is 35.5. The minimum absolute atomic E-state index is 0.00352. The lowest BCUT2D eigenvalue weighted by Gasteiger charge is -2.13. The van der Waals surface area contributed by atoms with Gasteiger partial charge in [0.25, 0.3) is 5.91 Å². The Balaban J connectivity index is 1.67. The second kappa shape index (κ2) is 10.7. The molecule has 0 unspecified atom stereocenters. The van der Waals surface area contributed by atoms with Crippen LogP contribution in [-0.2, 0) is 4.79 Å². The van der Waals surface area contributed by atoms with Crippen molar-refractivity contribution in [1.29, 1.82) is 0 Å². The van der Waals surface area contributed by atoms with E-state index < -0.39 is 4.92 Å². The maximum Gasteiger partial charge on any atom is 0.313 e. The number of carbonyl (C=O) groups excluding carboxylic acids is 1. The van der Waals surface area contributed by atoms with Crippen LogP contribution in [0, 0.1) is 10.1 Å². The van der Waals surface area contributed by atoms with Crippen molar-refractivity contribution in [3.8, 4) is 11.5 Å². The first-order chi connectivity index (χ1) is 15.5. The number of carbonyl (C=O) groups is 1. The Bertz CT molecular complexity index is 1140. The monoisotopic (exact) mass is 455 g/mol. The predicted octanol–water partition coefficient (Wildman–Crippen LogP) is 4.12. The number of hydrogen-bond donors (Lipinski definition) is 2. The number of nitro groups is 1. The first kappa shape index (κ1) is 22.5. The summed E-state index contributed by atoms with van der Waals surface area (Å²) in [6.07, 6.45) is 2.80. The molecule has 1 heterocycles. The van der Waals surface area contributed by atoms with Gasteiger partial charge in [0.05, 0.1) is 23.3 Å². The van der Waals surface area contributed by atoms with Crippen molar-refractivity contribution in [2.75, 3.05) is 24.5 Å². The summed E-state index contributed by atoms with van der Waals surface area (Å²) in [5.74, 6) is 0.121. The van der Waals surface area contributed by atoms with Crippen LogP contribution < -0.4 is 20.2 Å². The van der Waals surface area contributed by atoms with Gasteiger partial charge in [-0.2, -0.15) is 5.10 Å².